The number of hydrogen-bond acceptors (Lipinski definition) is 4. The monoisotopic (exact) mass is 408 g/mol. The van der Waals surface area contributed by atoms with Crippen molar-refractivity contribution in [1.82, 2.24) is 4.90 Å². The van der Waals surface area contributed by atoms with Gasteiger partial charge < -0.3 is 19.3 Å². The third-order valence-electron chi connectivity index (χ3n) is 5.99. The number of nitrogens with zero attached hydrogens (tertiary/aromatic N) is 2. The van der Waals surface area contributed by atoms with Crippen LogP contribution in [-0.4, -0.2) is 50.3 Å². The quantitative estimate of drug-likeness (QED) is 0.676. The van der Waals surface area contributed by atoms with Crippen molar-refractivity contribution in [3.8, 4) is 5.75 Å². The second-order valence-electron chi connectivity index (χ2n) is 8.35. The fraction of sp³-hybridized carbons (Fsp3) is 0.480. The van der Waals surface area contributed by atoms with Gasteiger partial charge in [0.25, 0.3) is 5.91 Å². The molecule has 0 spiro atoms. The molecule has 0 bridgehead atoms. The molecule has 0 radical (unpaired) electrons. The van der Waals surface area contributed by atoms with E-state index in [1.807, 2.05) is 31.3 Å². The highest BCUT2D eigenvalue weighted by molar-refractivity contribution is 5.94. The Bertz CT molecular complexity index is 807. The Morgan fingerprint density at radius 3 is 2.43 bits per heavy atom. The molecule has 2 aromatic carbocycles. The molecule has 0 aliphatic carbocycles. The summed E-state index contributed by atoms with van der Waals surface area (Å²) in [5, 5.41) is 0. The van der Waals surface area contributed by atoms with Crippen LogP contribution < -0.4 is 9.64 Å². The molecule has 2 heterocycles. The van der Waals surface area contributed by atoms with Crippen molar-refractivity contribution in [1.29, 1.82) is 0 Å². The molecular formula is C25H32N2O3. The van der Waals surface area contributed by atoms with Crippen LogP contribution in [0.4, 0.5) is 5.69 Å². The van der Waals surface area contributed by atoms with Gasteiger partial charge in [-0.3, -0.25) is 4.79 Å². The van der Waals surface area contributed by atoms with Crippen LogP contribution in [0.25, 0.3) is 0 Å². The number of ether oxygens (including phenoxy) is 2. The summed E-state index contributed by atoms with van der Waals surface area (Å²) in [6.07, 6.45) is 6.24. The van der Waals surface area contributed by atoms with Crippen molar-refractivity contribution in [2.24, 2.45) is 0 Å². The summed E-state index contributed by atoms with van der Waals surface area (Å²) in [5.74, 6) is 0.791. The number of carbonyl (C=O) groups is 1. The Balaban J connectivity index is 1.29. The minimum absolute atomic E-state index is 0.0146. The number of carbonyl (C=O) groups excluding carboxylic acids is 1. The van der Waals surface area contributed by atoms with Gasteiger partial charge in [-0.25, -0.2) is 0 Å². The third-order valence-corrected chi connectivity index (χ3v) is 5.99. The molecule has 2 saturated heterocycles. The van der Waals surface area contributed by atoms with E-state index in [2.05, 4.69) is 29.2 Å². The molecule has 1 unspecified atom stereocenters. The lowest BCUT2D eigenvalue weighted by Gasteiger charge is -2.29. The van der Waals surface area contributed by atoms with E-state index in [1.165, 1.54) is 24.9 Å². The van der Waals surface area contributed by atoms with Gasteiger partial charge in [0.05, 0.1) is 6.10 Å². The average Bonchev–Trinajstić information content (AvgIpc) is 3.32. The summed E-state index contributed by atoms with van der Waals surface area (Å²) < 4.78 is 11.4. The summed E-state index contributed by atoms with van der Waals surface area (Å²) in [7, 11) is 1.85. The van der Waals surface area contributed by atoms with E-state index in [4.69, 9.17) is 9.47 Å². The molecule has 1 amide bonds. The number of benzene rings is 2. The van der Waals surface area contributed by atoms with Crippen molar-refractivity contribution in [2.45, 2.75) is 44.8 Å². The van der Waals surface area contributed by atoms with Gasteiger partial charge in [-0.15, -0.1) is 0 Å². The van der Waals surface area contributed by atoms with Crippen LogP contribution in [-0.2, 0) is 11.3 Å². The Morgan fingerprint density at radius 1 is 1.03 bits per heavy atom. The summed E-state index contributed by atoms with van der Waals surface area (Å²) in [6.45, 7) is 4.28. The van der Waals surface area contributed by atoms with Crippen LogP contribution in [0.3, 0.4) is 0 Å². The summed E-state index contributed by atoms with van der Waals surface area (Å²) in [6, 6.07) is 16.0. The van der Waals surface area contributed by atoms with Gasteiger partial charge >= 0.3 is 0 Å². The fourth-order valence-electron chi connectivity index (χ4n) is 4.19. The van der Waals surface area contributed by atoms with Crippen LogP contribution in [0.2, 0.25) is 0 Å². The maximum Gasteiger partial charge on any atom is 0.253 e. The lowest BCUT2D eigenvalue weighted by molar-refractivity contribution is 0.0679. The van der Waals surface area contributed by atoms with E-state index in [9.17, 15) is 4.79 Å². The standard InChI is InChI=1S/C25H32N2O3/c1-26(18-20-7-11-22(12-8-20)27-15-3-2-4-16-27)25(28)21-9-13-23(14-10-21)30-19-24-6-5-17-29-24/h7-14,24H,2-6,15-19H2,1H3. The Kier molecular flexibility index (Phi) is 6.90. The molecule has 0 N–H and O–H groups in total. The van der Waals surface area contributed by atoms with Crippen LogP contribution in [0, 0.1) is 0 Å². The zero-order valence-corrected chi connectivity index (χ0v) is 17.9. The SMILES string of the molecule is CN(Cc1ccc(N2CCCCC2)cc1)C(=O)c1ccc(OCC2CCCO2)cc1. The molecule has 1 atom stereocenters. The molecule has 0 saturated carbocycles. The predicted octanol–water partition coefficient (Wildman–Crippen LogP) is 4.51. The summed E-state index contributed by atoms with van der Waals surface area (Å²) in [4.78, 5) is 17.0. The minimum atomic E-state index is 0.0146. The molecule has 30 heavy (non-hydrogen) atoms. The van der Waals surface area contributed by atoms with E-state index in [-0.39, 0.29) is 12.0 Å². The van der Waals surface area contributed by atoms with Crippen molar-refractivity contribution in [2.75, 3.05) is 38.3 Å². The molecule has 2 aromatic rings. The molecule has 160 valence electrons. The van der Waals surface area contributed by atoms with Gasteiger partial charge in [-0.1, -0.05) is 12.1 Å². The highest BCUT2D eigenvalue weighted by Crippen LogP contribution is 2.21. The topological polar surface area (TPSA) is 42.0 Å². The Hall–Kier alpha value is -2.53. The number of amides is 1. The van der Waals surface area contributed by atoms with Gasteiger partial charge in [0.15, 0.2) is 0 Å². The number of anilines is 1. The first-order valence-corrected chi connectivity index (χ1v) is 11.1. The van der Waals surface area contributed by atoms with Crippen molar-refractivity contribution in [3.63, 3.8) is 0 Å². The number of piperidine rings is 1. The highest BCUT2D eigenvalue weighted by atomic mass is 16.5. The molecule has 2 aliphatic heterocycles. The van der Waals surface area contributed by atoms with Gasteiger partial charge in [-0.2, -0.15) is 0 Å². The van der Waals surface area contributed by atoms with E-state index in [0.717, 1.165) is 43.9 Å². The van der Waals surface area contributed by atoms with E-state index in [1.54, 1.807) is 4.90 Å². The lowest BCUT2D eigenvalue weighted by Crippen LogP contribution is -2.29. The Labute approximate surface area is 179 Å². The second kappa shape index (κ2) is 9.98. The zero-order chi connectivity index (χ0) is 20.8. The average molecular weight is 409 g/mol. The lowest BCUT2D eigenvalue weighted by atomic mass is 10.1. The van der Waals surface area contributed by atoms with Crippen LogP contribution in [0.5, 0.6) is 5.75 Å². The first kappa shape index (κ1) is 20.7. The summed E-state index contributed by atoms with van der Waals surface area (Å²) in [5.41, 5.74) is 3.10. The van der Waals surface area contributed by atoms with Crippen molar-refractivity contribution < 1.29 is 14.3 Å². The van der Waals surface area contributed by atoms with Gasteiger partial charge in [0.1, 0.15) is 12.4 Å². The highest BCUT2D eigenvalue weighted by Gasteiger charge is 2.17. The second-order valence-corrected chi connectivity index (χ2v) is 8.35. The third kappa shape index (κ3) is 5.33. The summed E-state index contributed by atoms with van der Waals surface area (Å²) >= 11 is 0. The maximum absolute atomic E-state index is 12.8. The molecule has 2 fully saturated rings. The fourth-order valence-corrected chi connectivity index (χ4v) is 4.19. The van der Waals surface area contributed by atoms with E-state index in [0.29, 0.717) is 18.7 Å². The van der Waals surface area contributed by atoms with Crippen LogP contribution >= 0.6 is 0 Å². The number of hydrogen-bond donors (Lipinski definition) is 0. The largest absolute Gasteiger partial charge is 0.491 e. The minimum Gasteiger partial charge on any atom is -0.491 e. The zero-order valence-electron chi connectivity index (χ0n) is 17.9. The van der Waals surface area contributed by atoms with Gasteiger partial charge in [-0.05, 0) is 74.1 Å². The first-order valence-electron chi connectivity index (χ1n) is 11.1. The molecular weight excluding hydrogens is 376 g/mol. The molecule has 0 aromatic heterocycles. The van der Waals surface area contributed by atoms with E-state index >= 15 is 0 Å². The Morgan fingerprint density at radius 2 is 1.77 bits per heavy atom. The van der Waals surface area contributed by atoms with Crippen molar-refractivity contribution >= 4 is 11.6 Å². The van der Waals surface area contributed by atoms with Crippen molar-refractivity contribution in [3.05, 3.63) is 59.7 Å². The maximum atomic E-state index is 12.8. The van der Waals surface area contributed by atoms with Gasteiger partial charge in [0, 0.05) is 44.5 Å². The molecule has 5 heteroatoms. The van der Waals surface area contributed by atoms with Crippen LogP contribution in [0.1, 0.15) is 48.0 Å². The normalized spacial score (nSPS) is 19.0. The smallest absolute Gasteiger partial charge is 0.253 e. The molecule has 5 nitrogen and oxygen atoms in total. The molecule has 2 aliphatic rings. The van der Waals surface area contributed by atoms with E-state index < -0.39 is 0 Å². The van der Waals surface area contributed by atoms with Crippen LogP contribution in [0.15, 0.2) is 48.5 Å². The molecule has 4 rings (SSSR count). The number of rotatable bonds is 7. The first-order chi connectivity index (χ1) is 14.7. The predicted molar refractivity (Wildman–Crippen MR) is 119 cm³/mol. The van der Waals surface area contributed by atoms with Gasteiger partial charge in [0.2, 0.25) is 0 Å².